The first-order valence-electron chi connectivity index (χ1n) is 9.32. The van der Waals surface area contributed by atoms with E-state index in [4.69, 9.17) is 22.1 Å². The average molecular weight is 374 g/mol. The molecule has 0 radical (unpaired) electrons. The maximum Gasteiger partial charge on any atom is 0.0602 e. The molecule has 0 spiro atoms. The molecule has 140 valence electrons. The summed E-state index contributed by atoms with van der Waals surface area (Å²) >= 11 is 6.10. The third kappa shape index (κ3) is 5.29. The van der Waals surface area contributed by atoms with Crippen LogP contribution in [0.3, 0.4) is 0 Å². The van der Waals surface area contributed by atoms with Crippen LogP contribution in [0.5, 0.6) is 0 Å². The first-order chi connectivity index (χ1) is 12.8. The Bertz CT molecular complexity index is 642. The minimum atomic E-state index is 0.268. The Labute approximate surface area is 161 Å². The van der Waals surface area contributed by atoms with Crippen molar-refractivity contribution < 1.29 is 4.74 Å². The number of nitrogens with zero attached hydrogens (tertiary/aromatic N) is 2. The lowest BCUT2D eigenvalue weighted by molar-refractivity contribution is 0.0692. The van der Waals surface area contributed by atoms with Crippen molar-refractivity contribution in [1.29, 1.82) is 0 Å². The summed E-state index contributed by atoms with van der Waals surface area (Å²) in [4.78, 5) is 5.03. The van der Waals surface area contributed by atoms with E-state index in [1.165, 1.54) is 11.1 Å². The predicted molar refractivity (Wildman–Crippen MR) is 108 cm³/mol. The molecule has 0 aromatic heterocycles. The van der Waals surface area contributed by atoms with Crippen LogP contribution < -0.4 is 5.73 Å². The van der Waals surface area contributed by atoms with Crippen molar-refractivity contribution in [3.05, 3.63) is 70.7 Å². The molecule has 26 heavy (non-hydrogen) atoms. The van der Waals surface area contributed by atoms with Gasteiger partial charge in [0.2, 0.25) is 0 Å². The predicted octanol–water partition coefficient (Wildman–Crippen LogP) is 3.02. The molecule has 0 unspecified atom stereocenters. The van der Waals surface area contributed by atoms with Gasteiger partial charge in [-0.2, -0.15) is 0 Å². The number of ether oxygens (including phenoxy) is 1. The quantitative estimate of drug-likeness (QED) is 0.722. The van der Waals surface area contributed by atoms with Gasteiger partial charge in [0.15, 0.2) is 0 Å². The van der Waals surface area contributed by atoms with Gasteiger partial charge in [-0.15, -0.1) is 0 Å². The van der Waals surface area contributed by atoms with Crippen LogP contribution in [0.1, 0.15) is 17.2 Å². The third-order valence-electron chi connectivity index (χ3n) is 4.89. The van der Waals surface area contributed by atoms with Crippen molar-refractivity contribution in [3.63, 3.8) is 0 Å². The van der Waals surface area contributed by atoms with Gasteiger partial charge in [-0.3, -0.25) is 9.80 Å². The van der Waals surface area contributed by atoms with Crippen molar-refractivity contribution in [1.82, 2.24) is 9.80 Å². The lowest BCUT2D eigenvalue weighted by atomic mass is 9.96. The Morgan fingerprint density at radius 2 is 1.54 bits per heavy atom. The lowest BCUT2D eigenvalue weighted by Gasteiger charge is -2.39. The summed E-state index contributed by atoms with van der Waals surface area (Å²) in [5.74, 6) is 0. The molecule has 0 aliphatic carbocycles. The fourth-order valence-electron chi connectivity index (χ4n) is 3.52. The zero-order valence-electron chi connectivity index (χ0n) is 15.2. The Kier molecular flexibility index (Phi) is 7.47. The molecule has 2 aromatic carbocycles. The van der Waals surface area contributed by atoms with Crippen molar-refractivity contribution in [2.24, 2.45) is 5.73 Å². The number of rotatable bonds is 8. The molecule has 1 aliphatic rings. The van der Waals surface area contributed by atoms with Gasteiger partial charge in [-0.25, -0.2) is 0 Å². The molecule has 0 bridgehead atoms. The molecule has 0 amide bonds. The highest BCUT2D eigenvalue weighted by atomic mass is 35.5. The fraction of sp³-hybridized carbons (Fsp3) is 0.429. The molecule has 2 aromatic rings. The van der Waals surface area contributed by atoms with Gasteiger partial charge < -0.3 is 10.5 Å². The topological polar surface area (TPSA) is 41.7 Å². The highest BCUT2D eigenvalue weighted by Gasteiger charge is 2.26. The molecule has 5 heteroatoms. The smallest absolute Gasteiger partial charge is 0.0602 e. The largest absolute Gasteiger partial charge is 0.379 e. The summed E-state index contributed by atoms with van der Waals surface area (Å²) in [6.07, 6.45) is 0. The molecule has 2 N–H and O–H groups in total. The molecule has 1 atom stereocenters. The molecule has 1 saturated heterocycles. The number of nitrogens with two attached hydrogens (primary N) is 1. The molecular weight excluding hydrogens is 346 g/mol. The SMILES string of the molecule is NCCOCCN1CCN([C@@H](c2ccccc2)c2ccc(Cl)cc2)CC1. The van der Waals surface area contributed by atoms with Crippen LogP contribution in [0, 0.1) is 0 Å². The second-order valence-corrected chi connectivity index (χ2v) is 7.08. The number of hydrogen-bond donors (Lipinski definition) is 1. The highest BCUT2D eigenvalue weighted by Crippen LogP contribution is 2.30. The summed E-state index contributed by atoms with van der Waals surface area (Å²) in [6, 6.07) is 19.3. The Morgan fingerprint density at radius 3 is 2.19 bits per heavy atom. The second kappa shape index (κ2) is 10.0. The minimum Gasteiger partial charge on any atom is -0.379 e. The van der Waals surface area contributed by atoms with E-state index in [-0.39, 0.29) is 6.04 Å². The second-order valence-electron chi connectivity index (χ2n) is 6.64. The number of benzene rings is 2. The maximum atomic E-state index is 6.10. The van der Waals surface area contributed by atoms with Crippen LogP contribution in [0.25, 0.3) is 0 Å². The summed E-state index contributed by atoms with van der Waals surface area (Å²) in [7, 11) is 0. The zero-order valence-corrected chi connectivity index (χ0v) is 15.9. The van der Waals surface area contributed by atoms with E-state index in [1.807, 2.05) is 12.1 Å². The molecular formula is C21H28ClN3O. The van der Waals surface area contributed by atoms with Gasteiger partial charge in [0, 0.05) is 44.3 Å². The fourth-order valence-corrected chi connectivity index (χ4v) is 3.64. The van der Waals surface area contributed by atoms with Crippen LogP contribution in [0.15, 0.2) is 54.6 Å². The normalized spacial score (nSPS) is 17.3. The highest BCUT2D eigenvalue weighted by molar-refractivity contribution is 6.30. The van der Waals surface area contributed by atoms with Crippen molar-refractivity contribution in [2.75, 3.05) is 52.5 Å². The van der Waals surface area contributed by atoms with Gasteiger partial charge in [0.1, 0.15) is 0 Å². The molecule has 3 rings (SSSR count). The van der Waals surface area contributed by atoms with Gasteiger partial charge in [-0.1, -0.05) is 54.1 Å². The average Bonchev–Trinajstić information content (AvgIpc) is 2.69. The van der Waals surface area contributed by atoms with E-state index < -0.39 is 0 Å². The van der Waals surface area contributed by atoms with E-state index in [1.54, 1.807) is 0 Å². The van der Waals surface area contributed by atoms with Gasteiger partial charge in [0.25, 0.3) is 0 Å². The van der Waals surface area contributed by atoms with Gasteiger partial charge in [-0.05, 0) is 23.3 Å². The Balaban J connectivity index is 1.66. The summed E-state index contributed by atoms with van der Waals surface area (Å²) in [6.45, 7) is 7.17. The van der Waals surface area contributed by atoms with Crippen LogP contribution in [0.4, 0.5) is 0 Å². The van der Waals surface area contributed by atoms with Crippen LogP contribution in [0.2, 0.25) is 5.02 Å². The van der Waals surface area contributed by atoms with E-state index in [0.29, 0.717) is 13.2 Å². The van der Waals surface area contributed by atoms with Crippen molar-refractivity contribution in [3.8, 4) is 0 Å². The molecule has 4 nitrogen and oxygen atoms in total. The van der Waals surface area contributed by atoms with Crippen LogP contribution >= 0.6 is 11.6 Å². The third-order valence-corrected chi connectivity index (χ3v) is 5.14. The van der Waals surface area contributed by atoms with Gasteiger partial charge in [0.05, 0.1) is 19.3 Å². The van der Waals surface area contributed by atoms with Crippen molar-refractivity contribution >= 4 is 11.6 Å². The Hall–Kier alpha value is -1.43. The van der Waals surface area contributed by atoms with E-state index in [2.05, 4.69) is 52.3 Å². The van der Waals surface area contributed by atoms with E-state index in [0.717, 1.165) is 44.4 Å². The number of halogens is 1. The summed E-state index contributed by atoms with van der Waals surface area (Å²) in [5.41, 5.74) is 8.09. The molecule has 1 heterocycles. The maximum absolute atomic E-state index is 6.10. The molecule has 1 fully saturated rings. The molecule has 1 aliphatic heterocycles. The minimum absolute atomic E-state index is 0.268. The molecule has 0 saturated carbocycles. The first-order valence-corrected chi connectivity index (χ1v) is 9.70. The van der Waals surface area contributed by atoms with Gasteiger partial charge >= 0.3 is 0 Å². The Morgan fingerprint density at radius 1 is 0.885 bits per heavy atom. The summed E-state index contributed by atoms with van der Waals surface area (Å²) in [5, 5.41) is 0.780. The van der Waals surface area contributed by atoms with E-state index in [9.17, 15) is 0 Å². The first kappa shape index (κ1) is 19.3. The monoisotopic (exact) mass is 373 g/mol. The lowest BCUT2D eigenvalue weighted by Crippen LogP contribution is -2.48. The number of hydrogen-bond acceptors (Lipinski definition) is 4. The summed E-state index contributed by atoms with van der Waals surface area (Å²) < 4.78 is 5.52. The van der Waals surface area contributed by atoms with E-state index >= 15 is 0 Å². The zero-order chi connectivity index (χ0) is 18.2. The van der Waals surface area contributed by atoms with Crippen LogP contribution in [-0.4, -0.2) is 62.3 Å². The van der Waals surface area contributed by atoms with Crippen molar-refractivity contribution in [2.45, 2.75) is 6.04 Å². The van der Waals surface area contributed by atoms with Crippen LogP contribution in [-0.2, 0) is 4.74 Å². The standard InChI is InChI=1S/C21H28ClN3O/c22-20-8-6-19(7-9-20)21(18-4-2-1-3-5-18)25-13-11-24(12-14-25)15-17-26-16-10-23/h1-9,21H,10-17,23H2/t21-/m0/s1. The number of piperazine rings is 1.